The molecular formula is C22H22F3N5O. The molecule has 6 nitrogen and oxygen atoms in total. The molecule has 2 heterocycles. The molecule has 0 aliphatic heterocycles. The van der Waals surface area contributed by atoms with Crippen LogP contribution in [0.3, 0.4) is 0 Å². The third kappa shape index (κ3) is 3.59. The van der Waals surface area contributed by atoms with E-state index < -0.39 is 23.3 Å². The number of benzene rings is 2. The van der Waals surface area contributed by atoms with Gasteiger partial charge in [0.2, 0.25) is 0 Å². The maximum absolute atomic E-state index is 14.8. The average molecular weight is 429 g/mol. The Morgan fingerprint density at radius 3 is 2.55 bits per heavy atom. The standard InChI is InChI=1S/C22H22F3N5O/c1-4-20-17-8-16(24)7-13(2)21(17)30(28-20)14(3)22(31,10-29-12-26-11-27-29)18-6-5-15(23)9-19(18)25/h5-9,11-12,14,31H,4,10H2,1-3H3/t14-,22-/m1/s1. The number of aryl methyl sites for hydroxylation is 2. The third-order valence-corrected chi connectivity index (χ3v) is 5.69. The Labute approximate surface area is 177 Å². The summed E-state index contributed by atoms with van der Waals surface area (Å²) in [5.74, 6) is -2.01. The highest BCUT2D eigenvalue weighted by atomic mass is 19.1. The summed E-state index contributed by atoms with van der Waals surface area (Å²) in [4.78, 5) is 3.88. The van der Waals surface area contributed by atoms with Gasteiger partial charge in [-0.2, -0.15) is 10.2 Å². The number of fused-ring (bicyclic) bond motifs is 1. The monoisotopic (exact) mass is 429 g/mol. The zero-order valence-corrected chi connectivity index (χ0v) is 17.4. The fourth-order valence-corrected chi connectivity index (χ4v) is 4.08. The van der Waals surface area contributed by atoms with Crippen LogP contribution in [0.5, 0.6) is 0 Å². The van der Waals surface area contributed by atoms with Gasteiger partial charge in [-0.3, -0.25) is 4.68 Å². The molecule has 0 saturated carbocycles. The van der Waals surface area contributed by atoms with Crippen molar-refractivity contribution in [3.63, 3.8) is 0 Å². The summed E-state index contributed by atoms with van der Waals surface area (Å²) in [5, 5.41) is 21.1. The predicted octanol–water partition coefficient (Wildman–Crippen LogP) is 4.06. The van der Waals surface area contributed by atoms with Gasteiger partial charge in [0.25, 0.3) is 0 Å². The molecule has 0 fully saturated rings. The predicted molar refractivity (Wildman–Crippen MR) is 109 cm³/mol. The highest BCUT2D eigenvalue weighted by molar-refractivity contribution is 5.85. The van der Waals surface area contributed by atoms with Gasteiger partial charge >= 0.3 is 0 Å². The highest BCUT2D eigenvalue weighted by Crippen LogP contribution is 2.39. The van der Waals surface area contributed by atoms with Crippen molar-refractivity contribution in [3.8, 4) is 0 Å². The number of aliphatic hydroxyl groups is 1. The summed E-state index contributed by atoms with van der Waals surface area (Å²) < 4.78 is 45.5. The Morgan fingerprint density at radius 2 is 1.90 bits per heavy atom. The third-order valence-electron chi connectivity index (χ3n) is 5.69. The molecule has 0 saturated heterocycles. The molecule has 9 heteroatoms. The van der Waals surface area contributed by atoms with E-state index in [1.54, 1.807) is 18.5 Å². The van der Waals surface area contributed by atoms with Gasteiger partial charge in [0.15, 0.2) is 0 Å². The lowest BCUT2D eigenvalue weighted by atomic mass is 9.86. The second-order valence-corrected chi connectivity index (χ2v) is 7.68. The first-order valence-electron chi connectivity index (χ1n) is 9.92. The number of aromatic nitrogens is 5. The van der Waals surface area contributed by atoms with Gasteiger partial charge in [-0.25, -0.2) is 22.8 Å². The number of rotatable bonds is 6. The number of hydrogen-bond acceptors (Lipinski definition) is 4. The minimum atomic E-state index is -1.86. The van der Waals surface area contributed by atoms with E-state index in [1.807, 2.05) is 6.92 Å². The van der Waals surface area contributed by atoms with Crippen molar-refractivity contribution >= 4 is 10.9 Å². The Morgan fingerprint density at radius 1 is 1.13 bits per heavy atom. The summed E-state index contributed by atoms with van der Waals surface area (Å²) in [6.45, 7) is 5.19. The molecule has 1 N–H and O–H groups in total. The topological polar surface area (TPSA) is 68.8 Å². The lowest BCUT2D eigenvalue weighted by molar-refractivity contribution is -0.0356. The van der Waals surface area contributed by atoms with E-state index in [0.29, 0.717) is 28.6 Å². The number of halogens is 3. The highest BCUT2D eigenvalue weighted by Gasteiger charge is 2.41. The fourth-order valence-electron chi connectivity index (χ4n) is 4.08. The van der Waals surface area contributed by atoms with Crippen LogP contribution in [-0.4, -0.2) is 29.7 Å². The van der Waals surface area contributed by atoms with E-state index in [9.17, 15) is 18.3 Å². The van der Waals surface area contributed by atoms with Crippen molar-refractivity contribution in [1.29, 1.82) is 0 Å². The molecule has 162 valence electrons. The van der Waals surface area contributed by atoms with Crippen molar-refractivity contribution in [1.82, 2.24) is 24.5 Å². The van der Waals surface area contributed by atoms with E-state index in [1.165, 1.54) is 35.5 Å². The van der Waals surface area contributed by atoms with Crippen LogP contribution in [-0.2, 0) is 18.6 Å². The zero-order valence-electron chi connectivity index (χ0n) is 17.4. The van der Waals surface area contributed by atoms with Crippen molar-refractivity contribution in [2.75, 3.05) is 0 Å². The molecule has 2 aromatic heterocycles. The van der Waals surface area contributed by atoms with E-state index in [-0.39, 0.29) is 17.9 Å². The van der Waals surface area contributed by atoms with Crippen LogP contribution in [0.1, 0.15) is 36.7 Å². The molecule has 0 aliphatic carbocycles. The van der Waals surface area contributed by atoms with Gasteiger partial charge in [0, 0.05) is 17.0 Å². The van der Waals surface area contributed by atoms with Crippen LogP contribution in [0.4, 0.5) is 13.2 Å². The SMILES string of the molecule is CCc1nn([C@H](C)[C@](O)(Cn2cncn2)c2ccc(F)cc2F)c2c(C)cc(F)cc12. The fraction of sp³-hybridized carbons (Fsp3) is 0.318. The molecular weight excluding hydrogens is 407 g/mol. The lowest BCUT2D eigenvalue weighted by Gasteiger charge is -2.35. The normalized spacial score (nSPS) is 14.7. The smallest absolute Gasteiger partial charge is 0.137 e. The first kappa shape index (κ1) is 21.0. The minimum absolute atomic E-state index is 0.0987. The average Bonchev–Trinajstić information content (AvgIpc) is 3.34. The first-order valence-corrected chi connectivity index (χ1v) is 9.92. The Kier molecular flexibility index (Phi) is 5.30. The van der Waals surface area contributed by atoms with Gasteiger partial charge in [-0.05, 0) is 44.0 Å². The second-order valence-electron chi connectivity index (χ2n) is 7.68. The molecule has 0 unspecified atom stereocenters. The molecule has 4 rings (SSSR count). The number of hydrogen-bond donors (Lipinski definition) is 1. The summed E-state index contributed by atoms with van der Waals surface area (Å²) in [6.07, 6.45) is 3.25. The first-order chi connectivity index (χ1) is 14.7. The quantitative estimate of drug-likeness (QED) is 0.502. The van der Waals surface area contributed by atoms with E-state index in [2.05, 4.69) is 15.2 Å². The number of nitrogens with zero attached hydrogens (tertiary/aromatic N) is 5. The summed E-state index contributed by atoms with van der Waals surface area (Å²) in [7, 11) is 0. The molecule has 2 aromatic carbocycles. The van der Waals surface area contributed by atoms with Crippen LogP contribution in [0.25, 0.3) is 10.9 Å². The molecule has 0 amide bonds. The van der Waals surface area contributed by atoms with Crippen molar-refractivity contribution in [3.05, 3.63) is 77.3 Å². The second kappa shape index (κ2) is 7.81. The van der Waals surface area contributed by atoms with Crippen molar-refractivity contribution in [2.45, 2.75) is 45.4 Å². The Hall–Kier alpha value is -3.20. The van der Waals surface area contributed by atoms with Crippen LogP contribution >= 0.6 is 0 Å². The Balaban J connectivity index is 1.94. The summed E-state index contributed by atoms with van der Waals surface area (Å²) in [6, 6.07) is 5.03. The van der Waals surface area contributed by atoms with Gasteiger partial charge in [-0.1, -0.05) is 13.0 Å². The van der Waals surface area contributed by atoms with Crippen molar-refractivity contribution < 1.29 is 18.3 Å². The molecule has 0 bridgehead atoms. The van der Waals surface area contributed by atoms with E-state index in [4.69, 9.17) is 0 Å². The van der Waals surface area contributed by atoms with Crippen LogP contribution in [0.2, 0.25) is 0 Å². The van der Waals surface area contributed by atoms with Gasteiger partial charge < -0.3 is 5.11 Å². The van der Waals surface area contributed by atoms with Gasteiger partial charge in [-0.15, -0.1) is 0 Å². The molecule has 31 heavy (non-hydrogen) atoms. The van der Waals surface area contributed by atoms with Gasteiger partial charge in [0.05, 0.1) is 23.8 Å². The largest absolute Gasteiger partial charge is 0.381 e. The van der Waals surface area contributed by atoms with Gasteiger partial charge in [0.1, 0.15) is 35.7 Å². The summed E-state index contributed by atoms with van der Waals surface area (Å²) >= 11 is 0. The van der Waals surface area contributed by atoms with Crippen molar-refractivity contribution in [2.24, 2.45) is 0 Å². The molecule has 0 aliphatic rings. The zero-order chi connectivity index (χ0) is 22.3. The van der Waals surface area contributed by atoms with Crippen LogP contribution in [0, 0.1) is 24.4 Å². The summed E-state index contributed by atoms with van der Waals surface area (Å²) in [5.41, 5.74) is -0.0245. The molecule has 4 aromatic rings. The van der Waals surface area contributed by atoms with E-state index in [0.717, 1.165) is 12.1 Å². The molecule has 0 spiro atoms. The van der Waals surface area contributed by atoms with Crippen LogP contribution < -0.4 is 0 Å². The molecule has 0 radical (unpaired) electrons. The molecule has 2 atom stereocenters. The minimum Gasteiger partial charge on any atom is -0.381 e. The lowest BCUT2D eigenvalue weighted by Crippen LogP contribution is -2.41. The van der Waals surface area contributed by atoms with Crippen LogP contribution in [0.15, 0.2) is 43.0 Å². The maximum Gasteiger partial charge on any atom is 0.137 e. The van der Waals surface area contributed by atoms with E-state index >= 15 is 0 Å². The Bertz CT molecular complexity index is 1240. The maximum atomic E-state index is 14.8.